The molecule has 0 spiro atoms. The zero-order valence-electron chi connectivity index (χ0n) is 9.56. The summed E-state index contributed by atoms with van der Waals surface area (Å²) in [6.07, 6.45) is 0. The summed E-state index contributed by atoms with van der Waals surface area (Å²) in [6.45, 7) is 5.90. The fourth-order valence-electron chi connectivity index (χ4n) is 1.95. The Hall–Kier alpha value is -1.84. The van der Waals surface area contributed by atoms with Crippen molar-refractivity contribution in [3.05, 3.63) is 29.5 Å². The smallest absolute Gasteiger partial charge is 0.336 e. The third-order valence-corrected chi connectivity index (χ3v) is 2.63. The van der Waals surface area contributed by atoms with Gasteiger partial charge in [0, 0.05) is 11.4 Å². The minimum absolute atomic E-state index is 0.222. The van der Waals surface area contributed by atoms with Crippen molar-refractivity contribution in [2.75, 3.05) is 0 Å². The summed E-state index contributed by atoms with van der Waals surface area (Å²) in [5, 5.41) is 14.2. The molecular weight excluding hydrogens is 204 g/mol. The van der Waals surface area contributed by atoms with E-state index in [9.17, 15) is 4.79 Å². The minimum atomic E-state index is -0.906. The van der Waals surface area contributed by atoms with Gasteiger partial charge in [-0.2, -0.15) is 5.10 Å². The number of aromatic nitrogens is 2. The minimum Gasteiger partial charge on any atom is -0.478 e. The SMILES string of the molecule is Cc1nn(C(C)C)c2cccc(C(=O)O)c12. The number of carbonyl (C=O) groups is 1. The van der Waals surface area contributed by atoms with E-state index in [0.29, 0.717) is 5.56 Å². The molecule has 1 aromatic heterocycles. The van der Waals surface area contributed by atoms with E-state index >= 15 is 0 Å². The summed E-state index contributed by atoms with van der Waals surface area (Å²) in [7, 11) is 0. The van der Waals surface area contributed by atoms with Crippen molar-refractivity contribution >= 4 is 16.9 Å². The van der Waals surface area contributed by atoms with Crippen LogP contribution in [0.2, 0.25) is 0 Å². The van der Waals surface area contributed by atoms with E-state index in [0.717, 1.165) is 16.6 Å². The molecule has 0 aliphatic heterocycles. The van der Waals surface area contributed by atoms with Crippen molar-refractivity contribution in [2.45, 2.75) is 26.8 Å². The number of rotatable bonds is 2. The number of hydrogen-bond donors (Lipinski definition) is 1. The van der Waals surface area contributed by atoms with Gasteiger partial charge in [0.25, 0.3) is 0 Å². The molecular formula is C12H14N2O2. The highest BCUT2D eigenvalue weighted by Gasteiger charge is 2.16. The monoisotopic (exact) mass is 218 g/mol. The maximum absolute atomic E-state index is 11.1. The lowest BCUT2D eigenvalue weighted by molar-refractivity contribution is 0.0699. The summed E-state index contributed by atoms with van der Waals surface area (Å²) >= 11 is 0. The van der Waals surface area contributed by atoms with Crippen LogP contribution >= 0.6 is 0 Å². The number of aryl methyl sites for hydroxylation is 1. The zero-order chi connectivity index (χ0) is 11.9. The highest BCUT2D eigenvalue weighted by Crippen LogP contribution is 2.24. The van der Waals surface area contributed by atoms with Crippen molar-refractivity contribution in [1.29, 1.82) is 0 Å². The predicted molar refractivity (Wildman–Crippen MR) is 61.8 cm³/mol. The number of nitrogens with zero attached hydrogens (tertiary/aromatic N) is 2. The van der Waals surface area contributed by atoms with E-state index in [1.165, 1.54) is 0 Å². The third-order valence-electron chi connectivity index (χ3n) is 2.63. The molecule has 2 rings (SSSR count). The Bertz CT molecular complexity index is 555. The maximum Gasteiger partial charge on any atom is 0.336 e. The Kier molecular flexibility index (Phi) is 2.42. The number of carboxylic acids is 1. The second kappa shape index (κ2) is 3.63. The van der Waals surface area contributed by atoms with E-state index in [2.05, 4.69) is 5.10 Å². The van der Waals surface area contributed by atoms with Crippen LogP contribution in [-0.2, 0) is 0 Å². The molecule has 0 saturated heterocycles. The first kappa shape index (κ1) is 10.7. The molecule has 1 N–H and O–H groups in total. The van der Waals surface area contributed by atoms with Gasteiger partial charge in [0.2, 0.25) is 0 Å². The highest BCUT2D eigenvalue weighted by atomic mass is 16.4. The largest absolute Gasteiger partial charge is 0.478 e. The first-order valence-corrected chi connectivity index (χ1v) is 5.23. The topological polar surface area (TPSA) is 55.1 Å². The quantitative estimate of drug-likeness (QED) is 0.843. The van der Waals surface area contributed by atoms with Gasteiger partial charge in [0.1, 0.15) is 0 Å². The highest BCUT2D eigenvalue weighted by molar-refractivity contribution is 6.03. The summed E-state index contributed by atoms with van der Waals surface area (Å²) < 4.78 is 1.86. The lowest BCUT2D eigenvalue weighted by Crippen LogP contribution is -2.02. The van der Waals surface area contributed by atoms with Gasteiger partial charge in [0.05, 0.1) is 16.8 Å². The lowest BCUT2D eigenvalue weighted by Gasteiger charge is -2.06. The van der Waals surface area contributed by atoms with Gasteiger partial charge in [0.15, 0.2) is 0 Å². The molecule has 0 atom stereocenters. The average molecular weight is 218 g/mol. The van der Waals surface area contributed by atoms with Gasteiger partial charge in [-0.15, -0.1) is 0 Å². The molecule has 1 heterocycles. The number of benzene rings is 1. The van der Waals surface area contributed by atoms with Crippen LogP contribution in [0.15, 0.2) is 18.2 Å². The molecule has 0 radical (unpaired) electrons. The normalized spacial score (nSPS) is 11.2. The molecule has 0 fully saturated rings. The standard InChI is InChI=1S/C12H14N2O2/c1-7(2)14-10-6-4-5-9(12(15)16)11(10)8(3)13-14/h4-7H,1-3H3,(H,15,16). The summed E-state index contributed by atoms with van der Waals surface area (Å²) in [5.41, 5.74) is 1.97. The van der Waals surface area contributed by atoms with Gasteiger partial charge >= 0.3 is 5.97 Å². The van der Waals surface area contributed by atoms with Crippen LogP contribution in [-0.4, -0.2) is 20.9 Å². The Morgan fingerprint density at radius 3 is 2.69 bits per heavy atom. The lowest BCUT2D eigenvalue weighted by atomic mass is 10.1. The van der Waals surface area contributed by atoms with E-state index < -0.39 is 5.97 Å². The first-order chi connectivity index (χ1) is 7.52. The van der Waals surface area contributed by atoms with E-state index in [1.807, 2.05) is 31.5 Å². The maximum atomic E-state index is 11.1. The summed E-state index contributed by atoms with van der Waals surface area (Å²) in [5.74, 6) is -0.906. The molecule has 16 heavy (non-hydrogen) atoms. The Labute approximate surface area is 93.5 Å². The fourth-order valence-corrected chi connectivity index (χ4v) is 1.95. The second-order valence-corrected chi connectivity index (χ2v) is 4.13. The second-order valence-electron chi connectivity index (χ2n) is 4.13. The molecule has 0 bridgehead atoms. The molecule has 4 nitrogen and oxygen atoms in total. The zero-order valence-corrected chi connectivity index (χ0v) is 9.56. The van der Waals surface area contributed by atoms with Crippen molar-refractivity contribution in [3.63, 3.8) is 0 Å². The molecule has 0 aliphatic carbocycles. The van der Waals surface area contributed by atoms with Crippen molar-refractivity contribution in [1.82, 2.24) is 9.78 Å². The van der Waals surface area contributed by atoms with Crippen LogP contribution in [0.5, 0.6) is 0 Å². The predicted octanol–water partition coefficient (Wildman–Crippen LogP) is 2.62. The Morgan fingerprint density at radius 1 is 1.44 bits per heavy atom. The molecule has 0 amide bonds. The van der Waals surface area contributed by atoms with Crippen molar-refractivity contribution < 1.29 is 9.90 Å². The molecule has 1 aromatic carbocycles. The summed E-state index contributed by atoms with van der Waals surface area (Å²) in [6, 6.07) is 5.50. The molecule has 0 aliphatic rings. The Morgan fingerprint density at radius 2 is 2.12 bits per heavy atom. The third kappa shape index (κ3) is 1.46. The van der Waals surface area contributed by atoms with E-state index in [4.69, 9.17) is 5.11 Å². The van der Waals surface area contributed by atoms with Gasteiger partial charge in [-0.05, 0) is 32.9 Å². The average Bonchev–Trinajstić information content (AvgIpc) is 2.56. The van der Waals surface area contributed by atoms with Gasteiger partial charge < -0.3 is 5.11 Å². The summed E-state index contributed by atoms with van der Waals surface area (Å²) in [4.78, 5) is 11.1. The van der Waals surface area contributed by atoms with Crippen LogP contribution in [0.1, 0.15) is 35.9 Å². The van der Waals surface area contributed by atoms with Crippen LogP contribution in [0.3, 0.4) is 0 Å². The number of carboxylic acid groups (broad SMARTS) is 1. The van der Waals surface area contributed by atoms with Gasteiger partial charge in [-0.1, -0.05) is 6.07 Å². The molecule has 4 heteroatoms. The molecule has 0 unspecified atom stereocenters. The van der Waals surface area contributed by atoms with E-state index in [1.54, 1.807) is 12.1 Å². The molecule has 2 aromatic rings. The number of hydrogen-bond acceptors (Lipinski definition) is 2. The van der Waals surface area contributed by atoms with Crippen LogP contribution in [0.25, 0.3) is 10.9 Å². The fraction of sp³-hybridized carbons (Fsp3) is 0.333. The first-order valence-electron chi connectivity index (χ1n) is 5.23. The van der Waals surface area contributed by atoms with Gasteiger partial charge in [-0.3, -0.25) is 4.68 Å². The molecule has 84 valence electrons. The van der Waals surface area contributed by atoms with Gasteiger partial charge in [-0.25, -0.2) is 4.79 Å². The number of fused-ring (bicyclic) bond motifs is 1. The van der Waals surface area contributed by atoms with Crippen LogP contribution in [0, 0.1) is 6.92 Å². The Balaban J connectivity index is 2.84. The van der Waals surface area contributed by atoms with Crippen molar-refractivity contribution in [3.8, 4) is 0 Å². The molecule has 0 saturated carbocycles. The van der Waals surface area contributed by atoms with Crippen LogP contribution in [0.4, 0.5) is 0 Å². The van der Waals surface area contributed by atoms with E-state index in [-0.39, 0.29) is 6.04 Å². The number of aromatic carboxylic acids is 1. The van der Waals surface area contributed by atoms with Crippen molar-refractivity contribution in [2.24, 2.45) is 0 Å². The van der Waals surface area contributed by atoms with Crippen LogP contribution < -0.4 is 0 Å².